The van der Waals surface area contributed by atoms with Crippen molar-refractivity contribution in [3.8, 4) is 0 Å². The summed E-state index contributed by atoms with van der Waals surface area (Å²) < 4.78 is 0. The van der Waals surface area contributed by atoms with Crippen LogP contribution in [0, 0.1) is 11.8 Å². The van der Waals surface area contributed by atoms with Gasteiger partial charge < -0.3 is 0 Å². The van der Waals surface area contributed by atoms with E-state index in [1.165, 1.54) is 23.1 Å². The third-order valence-electron chi connectivity index (χ3n) is 3.80. The number of hydrogen-bond donors (Lipinski definition) is 0. The molecule has 0 bridgehead atoms. The summed E-state index contributed by atoms with van der Waals surface area (Å²) in [6.07, 6.45) is 3.31. The van der Waals surface area contributed by atoms with E-state index in [1.54, 1.807) is 0 Å². The summed E-state index contributed by atoms with van der Waals surface area (Å²) in [6, 6.07) is 4.45. The lowest BCUT2D eigenvalue weighted by Crippen LogP contribution is -2.03. The molecule has 2 aliphatic carbocycles. The Bertz CT molecular complexity index is 445. The SMILES string of the molecule is CC1Cc2cc3c(cc2C1)C(=O)C(C)C3. The quantitative estimate of drug-likeness (QED) is 0.629. The topological polar surface area (TPSA) is 17.1 Å². The molecule has 2 atom stereocenters. The van der Waals surface area contributed by atoms with E-state index in [2.05, 4.69) is 19.1 Å². The lowest BCUT2D eigenvalue weighted by Gasteiger charge is -2.02. The minimum absolute atomic E-state index is 0.208. The largest absolute Gasteiger partial charge is 0.294 e. The second-order valence-corrected chi connectivity index (χ2v) is 5.26. The molecule has 1 aromatic carbocycles. The van der Waals surface area contributed by atoms with Crippen LogP contribution in [-0.4, -0.2) is 5.78 Å². The minimum atomic E-state index is 0.208. The molecule has 0 amide bonds. The molecule has 2 unspecified atom stereocenters. The third-order valence-corrected chi connectivity index (χ3v) is 3.80. The fourth-order valence-electron chi connectivity index (χ4n) is 3.03. The number of rotatable bonds is 0. The zero-order valence-corrected chi connectivity index (χ0v) is 9.34. The molecule has 0 aliphatic heterocycles. The zero-order valence-electron chi connectivity index (χ0n) is 9.34. The van der Waals surface area contributed by atoms with E-state index in [9.17, 15) is 4.79 Å². The van der Waals surface area contributed by atoms with Gasteiger partial charge in [-0.1, -0.05) is 19.9 Å². The van der Waals surface area contributed by atoms with E-state index < -0.39 is 0 Å². The van der Waals surface area contributed by atoms with Gasteiger partial charge in [-0.15, -0.1) is 0 Å². The minimum Gasteiger partial charge on any atom is -0.294 e. The van der Waals surface area contributed by atoms with Gasteiger partial charge in [0.25, 0.3) is 0 Å². The van der Waals surface area contributed by atoms with Crippen LogP contribution in [0.3, 0.4) is 0 Å². The number of carbonyl (C=O) groups excluding carboxylic acids is 1. The van der Waals surface area contributed by atoms with Crippen molar-refractivity contribution in [2.24, 2.45) is 11.8 Å². The van der Waals surface area contributed by atoms with Crippen molar-refractivity contribution in [1.29, 1.82) is 0 Å². The number of carbonyl (C=O) groups is 1. The van der Waals surface area contributed by atoms with Crippen LogP contribution in [0.5, 0.6) is 0 Å². The number of Topliss-reactive ketones (excluding diaryl/α,β-unsaturated/α-hetero) is 1. The van der Waals surface area contributed by atoms with Crippen LogP contribution in [0.4, 0.5) is 0 Å². The van der Waals surface area contributed by atoms with E-state index in [0.717, 1.165) is 24.3 Å². The highest BCUT2D eigenvalue weighted by Crippen LogP contribution is 2.34. The van der Waals surface area contributed by atoms with Crippen molar-refractivity contribution in [1.82, 2.24) is 0 Å². The summed E-state index contributed by atoms with van der Waals surface area (Å²) >= 11 is 0. The molecule has 1 nitrogen and oxygen atoms in total. The van der Waals surface area contributed by atoms with Crippen LogP contribution in [-0.2, 0) is 19.3 Å². The van der Waals surface area contributed by atoms with Crippen LogP contribution in [0.25, 0.3) is 0 Å². The molecule has 0 fully saturated rings. The van der Waals surface area contributed by atoms with E-state index in [4.69, 9.17) is 0 Å². The molecule has 0 saturated carbocycles. The van der Waals surface area contributed by atoms with Crippen molar-refractivity contribution in [3.05, 3.63) is 34.4 Å². The lowest BCUT2D eigenvalue weighted by molar-refractivity contribution is 0.0946. The second kappa shape index (κ2) is 2.94. The number of fused-ring (bicyclic) bond motifs is 2. The Kier molecular flexibility index (Phi) is 1.79. The van der Waals surface area contributed by atoms with Gasteiger partial charge in [0.15, 0.2) is 5.78 Å². The molecule has 0 radical (unpaired) electrons. The van der Waals surface area contributed by atoms with E-state index in [-0.39, 0.29) is 5.92 Å². The predicted octanol–water partition coefficient (Wildman–Crippen LogP) is 2.80. The summed E-state index contributed by atoms with van der Waals surface area (Å²) in [7, 11) is 0. The predicted molar refractivity (Wildman–Crippen MR) is 60.2 cm³/mol. The van der Waals surface area contributed by atoms with E-state index in [1.807, 2.05) is 6.92 Å². The van der Waals surface area contributed by atoms with Crippen LogP contribution in [0.15, 0.2) is 12.1 Å². The Morgan fingerprint density at radius 1 is 1.00 bits per heavy atom. The van der Waals surface area contributed by atoms with Crippen molar-refractivity contribution in [3.63, 3.8) is 0 Å². The third kappa shape index (κ3) is 1.26. The monoisotopic (exact) mass is 200 g/mol. The highest BCUT2D eigenvalue weighted by molar-refractivity contribution is 6.02. The van der Waals surface area contributed by atoms with Crippen LogP contribution < -0.4 is 0 Å². The maximum atomic E-state index is 11.9. The van der Waals surface area contributed by atoms with Crippen molar-refractivity contribution in [2.75, 3.05) is 0 Å². The summed E-state index contributed by atoms with van der Waals surface area (Å²) in [5, 5.41) is 0. The Morgan fingerprint density at radius 3 is 2.40 bits per heavy atom. The fraction of sp³-hybridized carbons (Fsp3) is 0.500. The molecule has 1 heteroatoms. The van der Waals surface area contributed by atoms with Gasteiger partial charge in [-0.2, -0.15) is 0 Å². The molecule has 78 valence electrons. The standard InChI is InChI=1S/C14H16O/c1-8-3-10-6-12-5-9(2)14(15)13(12)7-11(10)4-8/h6-9H,3-5H2,1-2H3. The van der Waals surface area contributed by atoms with Crippen molar-refractivity contribution >= 4 is 5.78 Å². The summed E-state index contributed by atoms with van der Waals surface area (Å²) in [5.74, 6) is 1.32. The first kappa shape index (κ1) is 9.14. The van der Waals surface area contributed by atoms with Gasteiger partial charge in [-0.3, -0.25) is 4.79 Å². The van der Waals surface area contributed by atoms with Gasteiger partial charge in [0, 0.05) is 11.5 Å². The van der Waals surface area contributed by atoms with Gasteiger partial charge >= 0.3 is 0 Å². The van der Waals surface area contributed by atoms with E-state index >= 15 is 0 Å². The first-order chi connectivity index (χ1) is 7.15. The Morgan fingerprint density at radius 2 is 1.67 bits per heavy atom. The van der Waals surface area contributed by atoms with Crippen LogP contribution in [0.2, 0.25) is 0 Å². The van der Waals surface area contributed by atoms with Gasteiger partial charge in [-0.25, -0.2) is 0 Å². The second-order valence-electron chi connectivity index (χ2n) is 5.26. The van der Waals surface area contributed by atoms with Gasteiger partial charge in [0.2, 0.25) is 0 Å². The Hall–Kier alpha value is -1.11. The van der Waals surface area contributed by atoms with Crippen molar-refractivity contribution < 1.29 is 4.79 Å². The summed E-state index contributed by atoms with van der Waals surface area (Å²) in [5.41, 5.74) is 5.21. The summed E-state index contributed by atoms with van der Waals surface area (Å²) in [4.78, 5) is 11.9. The molecular weight excluding hydrogens is 184 g/mol. The highest BCUT2D eigenvalue weighted by atomic mass is 16.1. The maximum absolute atomic E-state index is 11.9. The number of hydrogen-bond acceptors (Lipinski definition) is 1. The molecule has 1 aromatic rings. The molecule has 15 heavy (non-hydrogen) atoms. The molecule has 0 saturated heterocycles. The lowest BCUT2D eigenvalue weighted by atomic mass is 10.0. The number of benzene rings is 1. The molecular formula is C14H16O. The molecule has 2 aliphatic rings. The van der Waals surface area contributed by atoms with Crippen LogP contribution in [0.1, 0.15) is 40.9 Å². The zero-order chi connectivity index (χ0) is 10.6. The smallest absolute Gasteiger partial charge is 0.166 e. The normalized spacial score (nSPS) is 28.0. The molecule has 0 N–H and O–H groups in total. The van der Waals surface area contributed by atoms with Crippen LogP contribution >= 0.6 is 0 Å². The van der Waals surface area contributed by atoms with Gasteiger partial charge in [-0.05, 0) is 47.9 Å². The van der Waals surface area contributed by atoms with Gasteiger partial charge in [0.1, 0.15) is 0 Å². The number of ketones is 1. The Labute approximate surface area is 90.5 Å². The molecule has 0 aromatic heterocycles. The molecule has 0 spiro atoms. The highest BCUT2D eigenvalue weighted by Gasteiger charge is 2.29. The first-order valence-electron chi connectivity index (χ1n) is 5.84. The van der Waals surface area contributed by atoms with Crippen molar-refractivity contribution in [2.45, 2.75) is 33.1 Å². The fourth-order valence-corrected chi connectivity index (χ4v) is 3.03. The average Bonchev–Trinajstić information content (AvgIpc) is 2.65. The maximum Gasteiger partial charge on any atom is 0.166 e. The Balaban J connectivity index is 2.11. The summed E-state index contributed by atoms with van der Waals surface area (Å²) in [6.45, 7) is 4.33. The molecule has 0 heterocycles. The first-order valence-corrected chi connectivity index (χ1v) is 5.84. The van der Waals surface area contributed by atoms with E-state index in [0.29, 0.717) is 5.78 Å². The van der Waals surface area contributed by atoms with Gasteiger partial charge in [0.05, 0.1) is 0 Å². The molecule has 3 rings (SSSR count). The average molecular weight is 200 g/mol.